The van der Waals surface area contributed by atoms with E-state index in [1.54, 1.807) is 11.3 Å². The first-order valence-corrected chi connectivity index (χ1v) is 9.12. The largest absolute Gasteiger partial charge is 0.489 e. The van der Waals surface area contributed by atoms with Crippen molar-refractivity contribution < 1.29 is 4.74 Å². The molecule has 2 rings (SSSR count). The zero-order valence-corrected chi connectivity index (χ0v) is 18.5. The van der Waals surface area contributed by atoms with Crippen LogP contribution in [0.4, 0.5) is 0 Å². The SMILES string of the molecule is CCNC(=NCc1ncc(C)s1)NCC(C)Oc1cccc(Cl)c1.I. The number of nitrogens with zero attached hydrogens (tertiary/aromatic N) is 2. The second-order valence-corrected chi connectivity index (χ2v) is 7.08. The third kappa shape index (κ3) is 8.24. The molecule has 8 heteroatoms. The Morgan fingerprint density at radius 2 is 2.20 bits per heavy atom. The van der Waals surface area contributed by atoms with Gasteiger partial charge < -0.3 is 15.4 Å². The molecular formula is C17H24ClIN4OS. The zero-order valence-electron chi connectivity index (χ0n) is 14.6. The highest BCUT2D eigenvalue weighted by Crippen LogP contribution is 2.18. The summed E-state index contributed by atoms with van der Waals surface area (Å²) in [6.45, 7) is 8.08. The summed E-state index contributed by atoms with van der Waals surface area (Å²) < 4.78 is 5.85. The molecule has 0 aliphatic rings. The van der Waals surface area contributed by atoms with Crippen molar-refractivity contribution in [2.75, 3.05) is 13.1 Å². The van der Waals surface area contributed by atoms with E-state index in [9.17, 15) is 0 Å². The van der Waals surface area contributed by atoms with Crippen molar-refractivity contribution in [2.45, 2.75) is 33.4 Å². The van der Waals surface area contributed by atoms with Gasteiger partial charge >= 0.3 is 0 Å². The Bertz CT molecular complexity index is 680. The fourth-order valence-corrected chi connectivity index (χ4v) is 2.91. The molecule has 1 aromatic heterocycles. The molecule has 1 aromatic carbocycles. The lowest BCUT2D eigenvalue weighted by molar-refractivity contribution is 0.224. The van der Waals surface area contributed by atoms with Crippen molar-refractivity contribution in [1.82, 2.24) is 15.6 Å². The number of benzene rings is 1. The molecule has 1 atom stereocenters. The minimum atomic E-state index is -0.0190. The number of hydrogen-bond acceptors (Lipinski definition) is 4. The average Bonchev–Trinajstić information content (AvgIpc) is 2.95. The highest BCUT2D eigenvalue weighted by Gasteiger charge is 2.06. The van der Waals surface area contributed by atoms with Gasteiger partial charge in [0.2, 0.25) is 0 Å². The molecule has 2 N–H and O–H groups in total. The smallest absolute Gasteiger partial charge is 0.191 e. The molecular weight excluding hydrogens is 471 g/mol. The summed E-state index contributed by atoms with van der Waals surface area (Å²) in [5.74, 6) is 1.52. The third-order valence-corrected chi connectivity index (χ3v) is 4.21. The Hall–Kier alpha value is -1.06. The van der Waals surface area contributed by atoms with E-state index in [2.05, 4.69) is 20.6 Å². The molecule has 0 radical (unpaired) electrons. The summed E-state index contributed by atoms with van der Waals surface area (Å²) in [5.41, 5.74) is 0. The highest BCUT2D eigenvalue weighted by molar-refractivity contribution is 14.0. The van der Waals surface area contributed by atoms with Crippen molar-refractivity contribution in [3.05, 3.63) is 45.4 Å². The van der Waals surface area contributed by atoms with E-state index >= 15 is 0 Å². The van der Waals surface area contributed by atoms with E-state index in [0.717, 1.165) is 23.3 Å². The number of aliphatic imine (C=N–C) groups is 1. The summed E-state index contributed by atoms with van der Waals surface area (Å²) in [6.07, 6.45) is 1.85. The van der Waals surface area contributed by atoms with Crippen molar-refractivity contribution in [3.8, 4) is 5.75 Å². The van der Waals surface area contributed by atoms with Gasteiger partial charge in [-0.25, -0.2) is 9.98 Å². The normalized spacial score (nSPS) is 12.2. The quantitative estimate of drug-likeness (QED) is 0.343. The summed E-state index contributed by atoms with van der Waals surface area (Å²) >= 11 is 7.63. The van der Waals surface area contributed by atoms with Gasteiger partial charge in [0, 0.05) is 22.6 Å². The molecule has 5 nitrogen and oxygen atoms in total. The van der Waals surface area contributed by atoms with Crippen LogP contribution in [0.2, 0.25) is 5.02 Å². The topological polar surface area (TPSA) is 58.5 Å². The van der Waals surface area contributed by atoms with Gasteiger partial charge in [0.1, 0.15) is 16.9 Å². The molecule has 0 saturated carbocycles. The summed E-state index contributed by atoms with van der Waals surface area (Å²) in [7, 11) is 0. The maximum Gasteiger partial charge on any atom is 0.191 e. The summed E-state index contributed by atoms with van der Waals surface area (Å²) in [6, 6.07) is 7.40. The van der Waals surface area contributed by atoms with Crippen LogP contribution in [0.3, 0.4) is 0 Å². The van der Waals surface area contributed by atoms with Gasteiger partial charge in [-0.15, -0.1) is 35.3 Å². The minimum absolute atomic E-state index is 0. The van der Waals surface area contributed by atoms with Crippen molar-refractivity contribution in [2.24, 2.45) is 4.99 Å². The molecule has 0 amide bonds. The predicted octanol–water partition coefficient (Wildman–Crippen LogP) is 4.25. The molecule has 138 valence electrons. The molecule has 1 heterocycles. The summed E-state index contributed by atoms with van der Waals surface area (Å²) in [4.78, 5) is 10.1. The first-order chi connectivity index (χ1) is 11.6. The van der Waals surface area contributed by atoms with Crippen LogP contribution in [0.15, 0.2) is 35.5 Å². The monoisotopic (exact) mass is 494 g/mol. The first-order valence-electron chi connectivity index (χ1n) is 7.92. The Kier molecular flexibility index (Phi) is 10.1. The Morgan fingerprint density at radius 1 is 1.40 bits per heavy atom. The van der Waals surface area contributed by atoms with E-state index in [1.807, 2.05) is 51.2 Å². The van der Waals surface area contributed by atoms with Crippen LogP contribution >= 0.6 is 46.9 Å². The van der Waals surface area contributed by atoms with Gasteiger partial charge in [0.15, 0.2) is 5.96 Å². The van der Waals surface area contributed by atoms with Crippen LogP contribution in [0, 0.1) is 6.92 Å². The Labute approximate surface area is 175 Å². The number of rotatable bonds is 7. The van der Waals surface area contributed by atoms with Crippen LogP contribution in [0.1, 0.15) is 23.7 Å². The van der Waals surface area contributed by atoms with Crippen LogP contribution in [0.5, 0.6) is 5.75 Å². The van der Waals surface area contributed by atoms with Crippen molar-refractivity contribution in [1.29, 1.82) is 0 Å². The van der Waals surface area contributed by atoms with Gasteiger partial charge in [-0.1, -0.05) is 17.7 Å². The van der Waals surface area contributed by atoms with E-state index in [4.69, 9.17) is 16.3 Å². The molecule has 25 heavy (non-hydrogen) atoms. The lowest BCUT2D eigenvalue weighted by atomic mass is 10.3. The maximum absolute atomic E-state index is 5.97. The second-order valence-electron chi connectivity index (χ2n) is 5.33. The lowest BCUT2D eigenvalue weighted by Gasteiger charge is -2.17. The molecule has 0 fully saturated rings. The third-order valence-electron chi connectivity index (χ3n) is 3.08. The van der Waals surface area contributed by atoms with Crippen LogP contribution in [-0.2, 0) is 6.54 Å². The highest BCUT2D eigenvalue weighted by atomic mass is 127. The Balaban J connectivity index is 0.00000312. The van der Waals surface area contributed by atoms with Crippen molar-refractivity contribution in [3.63, 3.8) is 0 Å². The Morgan fingerprint density at radius 3 is 2.84 bits per heavy atom. The number of guanidine groups is 1. The standard InChI is InChI=1S/C17H23ClN4OS.HI/c1-4-19-17(22-11-16-20-10-13(3)24-16)21-9-12(2)23-15-7-5-6-14(18)8-15;/h5-8,10,12H,4,9,11H2,1-3H3,(H2,19,21,22);1H. The molecule has 1 unspecified atom stereocenters. The van der Waals surface area contributed by atoms with Crippen LogP contribution in [0.25, 0.3) is 0 Å². The van der Waals surface area contributed by atoms with Gasteiger partial charge in [0.25, 0.3) is 0 Å². The number of aryl methyl sites for hydroxylation is 1. The summed E-state index contributed by atoms with van der Waals surface area (Å²) in [5, 5.41) is 8.19. The van der Waals surface area contributed by atoms with Gasteiger partial charge in [-0.2, -0.15) is 0 Å². The fraction of sp³-hybridized carbons (Fsp3) is 0.412. The molecule has 0 spiro atoms. The zero-order chi connectivity index (χ0) is 17.4. The van der Waals surface area contributed by atoms with Gasteiger partial charge in [-0.05, 0) is 39.0 Å². The molecule has 0 aliphatic carbocycles. The van der Waals surface area contributed by atoms with Gasteiger partial charge in [-0.3, -0.25) is 0 Å². The number of nitrogens with one attached hydrogen (secondary N) is 2. The van der Waals surface area contributed by atoms with Crippen LogP contribution < -0.4 is 15.4 Å². The van der Waals surface area contributed by atoms with Crippen LogP contribution in [-0.4, -0.2) is 30.1 Å². The molecule has 0 aliphatic heterocycles. The first kappa shape index (κ1) is 22.0. The van der Waals surface area contributed by atoms with E-state index in [-0.39, 0.29) is 30.1 Å². The number of thiazole rings is 1. The minimum Gasteiger partial charge on any atom is -0.489 e. The fourth-order valence-electron chi connectivity index (χ4n) is 2.02. The van der Waals surface area contributed by atoms with Crippen molar-refractivity contribution >= 4 is 52.9 Å². The molecule has 2 aromatic rings. The lowest BCUT2D eigenvalue weighted by Crippen LogP contribution is -2.41. The molecule has 0 bridgehead atoms. The predicted molar refractivity (Wildman–Crippen MR) is 117 cm³/mol. The number of ether oxygens (including phenoxy) is 1. The molecule has 0 saturated heterocycles. The second kappa shape index (κ2) is 11.5. The average molecular weight is 495 g/mol. The van der Waals surface area contributed by atoms with Gasteiger partial charge in [0.05, 0.1) is 13.1 Å². The maximum atomic E-state index is 5.97. The number of hydrogen-bond donors (Lipinski definition) is 2. The number of aromatic nitrogens is 1. The van der Waals surface area contributed by atoms with E-state index in [0.29, 0.717) is 18.1 Å². The number of halogens is 2. The van der Waals surface area contributed by atoms with E-state index < -0.39 is 0 Å². The van der Waals surface area contributed by atoms with E-state index in [1.165, 1.54) is 4.88 Å².